The lowest BCUT2D eigenvalue weighted by Gasteiger charge is -2.36. The van der Waals surface area contributed by atoms with Crippen LogP contribution in [0.5, 0.6) is 0 Å². The Hall–Kier alpha value is -4.84. The van der Waals surface area contributed by atoms with Gasteiger partial charge in [-0.15, -0.1) is 11.6 Å². The van der Waals surface area contributed by atoms with Gasteiger partial charge in [-0.3, -0.25) is 14.5 Å². The molecular weight excluding hydrogens is 915 g/mol. The normalized spacial score (nSPS) is 17.0. The molecule has 3 saturated heterocycles. The van der Waals surface area contributed by atoms with Crippen molar-refractivity contribution >= 4 is 104 Å². The lowest BCUT2D eigenvalue weighted by Crippen LogP contribution is -2.51. The number of hydrogen-bond acceptors (Lipinski definition) is 11. The Labute approximate surface area is 388 Å². The van der Waals surface area contributed by atoms with Crippen molar-refractivity contribution in [1.29, 1.82) is 0 Å². The van der Waals surface area contributed by atoms with Gasteiger partial charge in [-0.1, -0.05) is 58.5 Å². The summed E-state index contributed by atoms with van der Waals surface area (Å²) in [6.45, 7) is 7.56. The zero-order valence-electron chi connectivity index (χ0n) is 34.1. The highest BCUT2D eigenvalue weighted by molar-refractivity contribution is 6.35. The molecule has 3 aliphatic rings. The van der Waals surface area contributed by atoms with E-state index in [1.165, 1.54) is 0 Å². The van der Waals surface area contributed by atoms with Gasteiger partial charge in [0.1, 0.15) is 35.3 Å². The number of likely N-dealkylation sites (tertiary alicyclic amines) is 1. The first kappa shape index (κ1) is 44.8. The number of halogens is 6. The molecule has 2 aromatic carbocycles. The first-order valence-corrected chi connectivity index (χ1v) is 22.6. The van der Waals surface area contributed by atoms with E-state index in [2.05, 4.69) is 30.6 Å². The van der Waals surface area contributed by atoms with Gasteiger partial charge >= 0.3 is 0 Å². The predicted octanol–water partition coefficient (Wildman–Crippen LogP) is 6.88. The lowest BCUT2D eigenvalue weighted by molar-refractivity contribution is -0.132. The maximum Gasteiger partial charge on any atom is 0.237 e. The number of nitrogens with one attached hydrogen (secondary N) is 2. The van der Waals surface area contributed by atoms with Crippen LogP contribution in [0.15, 0.2) is 73.1 Å². The molecular formula is C42H45Cl5FN13O2. The lowest BCUT2D eigenvalue weighted by atomic mass is 10.2. The van der Waals surface area contributed by atoms with Gasteiger partial charge in [0.05, 0.1) is 18.9 Å². The van der Waals surface area contributed by atoms with E-state index in [1.807, 2.05) is 58.3 Å². The maximum atomic E-state index is 13.4. The minimum absolute atomic E-state index is 0.0152. The van der Waals surface area contributed by atoms with Gasteiger partial charge in [0, 0.05) is 123 Å². The van der Waals surface area contributed by atoms with Crippen LogP contribution in [0.1, 0.15) is 17.5 Å². The van der Waals surface area contributed by atoms with Crippen LogP contribution >= 0.6 is 58.0 Å². The molecule has 4 aromatic heterocycles. The molecule has 332 valence electrons. The molecule has 3 aliphatic heterocycles. The second-order valence-electron chi connectivity index (χ2n) is 15.4. The summed E-state index contributed by atoms with van der Waals surface area (Å²) in [5, 5.41) is 17.9. The van der Waals surface area contributed by atoms with Gasteiger partial charge in [0.2, 0.25) is 11.8 Å². The Morgan fingerprint density at radius 3 is 1.54 bits per heavy atom. The number of nitrogens with zero attached hydrogens (tertiary/aromatic N) is 11. The van der Waals surface area contributed by atoms with Gasteiger partial charge in [0.25, 0.3) is 0 Å². The Bertz CT molecular complexity index is 2560. The highest BCUT2D eigenvalue weighted by Gasteiger charge is 2.28. The summed E-state index contributed by atoms with van der Waals surface area (Å²) >= 11 is 30.3. The summed E-state index contributed by atoms with van der Waals surface area (Å²) in [5.74, 6) is 3.30. The molecule has 0 aliphatic carbocycles. The third-order valence-electron chi connectivity index (χ3n) is 11.2. The number of alkyl halides is 2. The van der Waals surface area contributed by atoms with Crippen molar-refractivity contribution in [2.45, 2.75) is 25.7 Å². The molecule has 6 aromatic rings. The van der Waals surface area contributed by atoms with E-state index in [0.717, 1.165) is 45.7 Å². The van der Waals surface area contributed by atoms with Crippen LogP contribution in [0, 0.1) is 0 Å². The number of anilines is 4. The SMILES string of the molecule is O=C(CCl)N1CCN(c2cc(NCc3ccc(Cl)cc3Cl)n3nccc3n2)CC1.O=C(CN1CC[C@@H](F)C1)N1CCN(c2cc(NCc3ccc(Cl)cc3Cl)n3nccc3n2)CC1. The van der Waals surface area contributed by atoms with Crippen molar-refractivity contribution in [3.05, 3.63) is 104 Å². The van der Waals surface area contributed by atoms with Crippen LogP contribution < -0.4 is 20.4 Å². The van der Waals surface area contributed by atoms with Crippen LogP contribution in [0.3, 0.4) is 0 Å². The summed E-state index contributed by atoms with van der Waals surface area (Å²) in [6, 6.07) is 18.5. The standard InChI is InChI=1S/C23H26Cl2FN7O.C19H19Cl3N6O/c24-17-2-1-16(19(25)11-17)13-27-21-12-22(29-20-3-5-28-33(20)21)31-7-9-32(10-8-31)23(34)15-30-6-4-18(26)14-30;20-11-19(29)27-7-5-26(6-8-27)18-10-17(28-16(25-18)3-4-24-28)23-12-13-1-2-14(21)9-15(13)22/h1-3,5,11-12,18,27H,4,6-10,13-15H2;1-4,9-10,23H,5-8,11-12H2/t18-;/m1./s1. The van der Waals surface area contributed by atoms with Crippen molar-refractivity contribution in [3.8, 4) is 0 Å². The van der Waals surface area contributed by atoms with Gasteiger partial charge < -0.3 is 30.2 Å². The highest BCUT2D eigenvalue weighted by atomic mass is 35.5. The molecule has 0 radical (unpaired) electrons. The molecule has 2 N–H and O–H groups in total. The Morgan fingerprint density at radius 1 is 0.635 bits per heavy atom. The minimum Gasteiger partial charge on any atom is -0.366 e. The van der Waals surface area contributed by atoms with Crippen LogP contribution in [0.4, 0.5) is 27.7 Å². The van der Waals surface area contributed by atoms with Crippen molar-refractivity contribution in [3.63, 3.8) is 0 Å². The number of amides is 2. The monoisotopic (exact) mass is 957 g/mol. The largest absolute Gasteiger partial charge is 0.366 e. The van der Waals surface area contributed by atoms with E-state index in [-0.39, 0.29) is 17.7 Å². The van der Waals surface area contributed by atoms with Crippen LogP contribution in [0.2, 0.25) is 20.1 Å². The fraction of sp³-hybridized carbons (Fsp3) is 0.381. The number of carbonyl (C=O) groups excluding carboxylic acids is 2. The van der Waals surface area contributed by atoms with Gasteiger partial charge in [-0.2, -0.15) is 19.2 Å². The number of carbonyl (C=O) groups is 2. The topological polar surface area (TPSA) is 135 Å². The molecule has 0 saturated carbocycles. The molecule has 63 heavy (non-hydrogen) atoms. The van der Waals surface area contributed by atoms with E-state index in [1.54, 1.807) is 38.5 Å². The fourth-order valence-electron chi connectivity index (χ4n) is 7.75. The molecule has 21 heteroatoms. The summed E-state index contributed by atoms with van der Waals surface area (Å²) in [5.41, 5.74) is 3.33. The van der Waals surface area contributed by atoms with Gasteiger partial charge in [-0.05, 0) is 41.8 Å². The third-order valence-corrected chi connectivity index (χ3v) is 12.6. The van der Waals surface area contributed by atoms with Crippen molar-refractivity contribution in [2.24, 2.45) is 0 Å². The van der Waals surface area contributed by atoms with Crippen LogP contribution in [-0.4, -0.2) is 140 Å². The predicted molar refractivity (Wildman–Crippen MR) is 248 cm³/mol. The molecule has 15 nitrogen and oxygen atoms in total. The molecule has 0 unspecified atom stereocenters. The number of hydrogen-bond donors (Lipinski definition) is 2. The van der Waals surface area contributed by atoms with Crippen LogP contribution in [0.25, 0.3) is 11.3 Å². The molecule has 9 rings (SSSR count). The number of aromatic nitrogens is 6. The molecule has 0 spiro atoms. The smallest absolute Gasteiger partial charge is 0.237 e. The maximum absolute atomic E-state index is 13.4. The second-order valence-corrected chi connectivity index (χ2v) is 17.3. The average Bonchev–Trinajstić information content (AvgIpc) is 4.07. The number of rotatable bonds is 11. The Balaban J connectivity index is 0.000000175. The molecule has 2 amide bonds. The molecule has 3 fully saturated rings. The van der Waals surface area contributed by atoms with E-state index >= 15 is 0 Å². The summed E-state index contributed by atoms with van der Waals surface area (Å²) in [7, 11) is 0. The second kappa shape index (κ2) is 20.3. The van der Waals surface area contributed by atoms with Crippen molar-refractivity contribution in [1.82, 2.24) is 43.9 Å². The number of benzene rings is 2. The van der Waals surface area contributed by atoms with Crippen molar-refractivity contribution in [2.75, 3.05) is 98.3 Å². The minimum atomic E-state index is -0.812. The Kier molecular flexibility index (Phi) is 14.4. The van der Waals surface area contributed by atoms with Crippen molar-refractivity contribution < 1.29 is 14.0 Å². The van der Waals surface area contributed by atoms with Crippen LogP contribution in [-0.2, 0) is 22.7 Å². The zero-order chi connectivity index (χ0) is 44.0. The Morgan fingerprint density at radius 2 is 1.11 bits per heavy atom. The quantitative estimate of drug-likeness (QED) is 0.132. The van der Waals surface area contributed by atoms with E-state index in [0.29, 0.717) is 112 Å². The first-order chi connectivity index (χ1) is 30.5. The fourth-order valence-corrected chi connectivity index (χ4v) is 8.87. The first-order valence-electron chi connectivity index (χ1n) is 20.5. The summed E-state index contributed by atoms with van der Waals surface area (Å²) in [6.07, 6.45) is 3.13. The van der Waals surface area contributed by atoms with E-state index in [4.69, 9.17) is 68.0 Å². The van der Waals surface area contributed by atoms with Gasteiger partial charge in [0.15, 0.2) is 11.3 Å². The average molecular weight is 960 g/mol. The molecule has 7 heterocycles. The number of piperazine rings is 2. The zero-order valence-corrected chi connectivity index (χ0v) is 37.9. The summed E-state index contributed by atoms with van der Waals surface area (Å²) < 4.78 is 16.9. The van der Waals surface area contributed by atoms with E-state index < -0.39 is 6.17 Å². The third kappa shape index (κ3) is 10.9. The molecule has 1 atom stereocenters. The van der Waals surface area contributed by atoms with Gasteiger partial charge in [-0.25, -0.2) is 14.4 Å². The number of fused-ring (bicyclic) bond motifs is 2. The van der Waals surface area contributed by atoms with E-state index in [9.17, 15) is 14.0 Å². The summed E-state index contributed by atoms with van der Waals surface area (Å²) in [4.78, 5) is 43.8. The highest BCUT2D eigenvalue weighted by Crippen LogP contribution is 2.27. The molecule has 0 bridgehead atoms.